The van der Waals surface area contributed by atoms with Crippen molar-refractivity contribution in [1.82, 2.24) is 10.1 Å². The molecular formula is C16H20FN3O. The quantitative estimate of drug-likeness (QED) is 0.845. The van der Waals surface area contributed by atoms with E-state index >= 15 is 0 Å². The molecule has 0 saturated carbocycles. The standard InChI is InChI=1S/C16H20FN3O/c1-9-7-8-20(11(9)3)14-6-5-13(15(17)10(14)2)16-18-12(4)21-19-16/h5-6,9,11H,7-8H2,1-4H3/t9?,11-/m0/s1. The molecule has 0 N–H and O–H groups in total. The molecule has 1 aliphatic rings. The van der Waals surface area contributed by atoms with E-state index in [1.165, 1.54) is 0 Å². The summed E-state index contributed by atoms with van der Waals surface area (Å²) in [5.74, 6) is 1.11. The summed E-state index contributed by atoms with van der Waals surface area (Å²) in [5, 5.41) is 3.80. The average molecular weight is 289 g/mol. The van der Waals surface area contributed by atoms with Crippen LogP contribution in [-0.4, -0.2) is 22.7 Å². The molecule has 0 spiro atoms. The Morgan fingerprint density at radius 1 is 1.29 bits per heavy atom. The van der Waals surface area contributed by atoms with Gasteiger partial charge in [-0.1, -0.05) is 12.1 Å². The third-order valence-electron chi connectivity index (χ3n) is 4.58. The number of hydrogen-bond donors (Lipinski definition) is 0. The monoisotopic (exact) mass is 289 g/mol. The Hall–Kier alpha value is -1.91. The SMILES string of the molecule is Cc1nc(-c2ccc(N3CCC(C)[C@@H]3C)c(C)c2F)no1. The molecule has 0 bridgehead atoms. The fourth-order valence-corrected chi connectivity index (χ4v) is 3.00. The maximum atomic E-state index is 14.7. The van der Waals surface area contributed by atoms with Crippen molar-refractivity contribution in [3.05, 3.63) is 29.4 Å². The summed E-state index contributed by atoms with van der Waals surface area (Å²) in [6, 6.07) is 4.15. The van der Waals surface area contributed by atoms with Crippen molar-refractivity contribution in [2.75, 3.05) is 11.4 Å². The largest absolute Gasteiger partial charge is 0.368 e. The van der Waals surface area contributed by atoms with E-state index in [2.05, 4.69) is 28.9 Å². The summed E-state index contributed by atoms with van der Waals surface area (Å²) in [7, 11) is 0. The number of rotatable bonds is 2. The molecule has 1 aromatic carbocycles. The van der Waals surface area contributed by atoms with Crippen molar-refractivity contribution >= 4 is 5.69 Å². The van der Waals surface area contributed by atoms with Gasteiger partial charge in [-0.25, -0.2) is 4.39 Å². The van der Waals surface area contributed by atoms with Gasteiger partial charge in [-0.05, 0) is 38.3 Å². The molecule has 2 heterocycles. The molecule has 1 aliphatic heterocycles. The minimum absolute atomic E-state index is 0.264. The number of aromatic nitrogens is 2. The number of nitrogens with zero attached hydrogens (tertiary/aromatic N) is 3. The summed E-state index contributed by atoms with van der Waals surface area (Å²) in [6.45, 7) is 8.93. The van der Waals surface area contributed by atoms with Crippen molar-refractivity contribution in [1.29, 1.82) is 0 Å². The van der Waals surface area contributed by atoms with Crippen molar-refractivity contribution in [2.45, 2.75) is 40.2 Å². The van der Waals surface area contributed by atoms with Gasteiger partial charge in [0.25, 0.3) is 0 Å². The molecule has 1 aromatic heterocycles. The second-order valence-corrected chi connectivity index (χ2v) is 5.91. The van der Waals surface area contributed by atoms with Gasteiger partial charge in [0.2, 0.25) is 11.7 Å². The van der Waals surface area contributed by atoms with E-state index in [9.17, 15) is 4.39 Å². The molecule has 1 saturated heterocycles. The number of halogens is 1. The molecule has 2 aromatic rings. The van der Waals surface area contributed by atoms with Crippen LogP contribution in [0.25, 0.3) is 11.4 Å². The smallest absolute Gasteiger partial charge is 0.223 e. The Kier molecular flexibility index (Phi) is 3.43. The zero-order chi connectivity index (χ0) is 15.1. The van der Waals surface area contributed by atoms with Crippen LogP contribution in [0.5, 0.6) is 0 Å². The summed E-state index contributed by atoms with van der Waals surface area (Å²) < 4.78 is 19.6. The Labute approximate surface area is 124 Å². The first kappa shape index (κ1) is 14.0. The van der Waals surface area contributed by atoms with Gasteiger partial charge >= 0.3 is 0 Å². The molecule has 0 radical (unpaired) electrons. The van der Waals surface area contributed by atoms with Crippen LogP contribution in [0.4, 0.5) is 10.1 Å². The lowest BCUT2D eigenvalue weighted by Crippen LogP contribution is -2.29. The fraction of sp³-hybridized carbons (Fsp3) is 0.500. The maximum Gasteiger partial charge on any atom is 0.223 e. The third kappa shape index (κ3) is 2.30. The van der Waals surface area contributed by atoms with E-state index in [1.807, 2.05) is 13.0 Å². The lowest BCUT2D eigenvalue weighted by Gasteiger charge is -2.27. The van der Waals surface area contributed by atoms with Gasteiger partial charge in [0.1, 0.15) is 5.82 Å². The Morgan fingerprint density at radius 2 is 2.05 bits per heavy atom. The van der Waals surface area contributed by atoms with E-state index in [0.29, 0.717) is 34.8 Å². The van der Waals surface area contributed by atoms with Gasteiger partial charge < -0.3 is 9.42 Å². The molecule has 5 heteroatoms. The van der Waals surface area contributed by atoms with Crippen LogP contribution in [-0.2, 0) is 0 Å². The Morgan fingerprint density at radius 3 is 2.62 bits per heavy atom. The van der Waals surface area contributed by atoms with Gasteiger partial charge in [-0.2, -0.15) is 4.98 Å². The zero-order valence-corrected chi connectivity index (χ0v) is 12.9. The van der Waals surface area contributed by atoms with Crippen LogP contribution in [0, 0.1) is 25.6 Å². The highest BCUT2D eigenvalue weighted by atomic mass is 19.1. The molecule has 4 nitrogen and oxygen atoms in total. The zero-order valence-electron chi connectivity index (χ0n) is 12.9. The van der Waals surface area contributed by atoms with Crippen LogP contribution in [0.2, 0.25) is 0 Å². The average Bonchev–Trinajstić information content (AvgIpc) is 3.01. The number of aryl methyl sites for hydroxylation is 1. The lowest BCUT2D eigenvalue weighted by molar-refractivity contribution is 0.394. The highest BCUT2D eigenvalue weighted by Gasteiger charge is 2.29. The molecule has 2 atom stereocenters. The van der Waals surface area contributed by atoms with Crippen LogP contribution < -0.4 is 4.90 Å². The number of hydrogen-bond acceptors (Lipinski definition) is 4. The molecule has 0 aliphatic carbocycles. The van der Waals surface area contributed by atoms with Crippen molar-refractivity contribution in [3.8, 4) is 11.4 Å². The lowest BCUT2D eigenvalue weighted by atomic mass is 10.0. The second-order valence-electron chi connectivity index (χ2n) is 5.91. The molecule has 0 amide bonds. The van der Waals surface area contributed by atoms with Gasteiger partial charge in [-0.3, -0.25) is 0 Å². The minimum atomic E-state index is -0.264. The Balaban J connectivity index is 2.01. The molecule has 1 unspecified atom stereocenters. The van der Waals surface area contributed by atoms with E-state index in [4.69, 9.17) is 4.52 Å². The first-order valence-corrected chi connectivity index (χ1v) is 7.35. The first-order valence-electron chi connectivity index (χ1n) is 7.35. The van der Waals surface area contributed by atoms with Gasteiger partial charge in [0.15, 0.2) is 0 Å². The van der Waals surface area contributed by atoms with Crippen LogP contribution in [0.1, 0.15) is 31.7 Å². The van der Waals surface area contributed by atoms with Crippen molar-refractivity contribution < 1.29 is 8.91 Å². The van der Waals surface area contributed by atoms with Gasteiger partial charge in [-0.15, -0.1) is 0 Å². The molecular weight excluding hydrogens is 269 g/mol. The summed E-state index contributed by atoms with van der Waals surface area (Å²) in [6.07, 6.45) is 1.15. The first-order chi connectivity index (χ1) is 9.99. The van der Waals surface area contributed by atoms with Crippen LogP contribution in [0.15, 0.2) is 16.7 Å². The van der Waals surface area contributed by atoms with Gasteiger partial charge in [0.05, 0.1) is 5.56 Å². The Bertz CT molecular complexity index is 668. The minimum Gasteiger partial charge on any atom is -0.368 e. The van der Waals surface area contributed by atoms with Crippen LogP contribution >= 0.6 is 0 Å². The molecule has 3 rings (SSSR count). The highest BCUT2D eigenvalue weighted by Crippen LogP contribution is 2.35. The van der Waals surface area contributed by atoms with E-state index in [-0.39, 0.29) is 5.82 Å². The number of anilines is 1. The summed E-state index contributed by atoms with van der Waals surface area (Å²) in [4.78, 5) is 6.39. The highest BCUT2D eigenvalue weighted by molar-refractivity contribution is 5.66. The van der Waals surface area contributed by atoms with E-state index in [1.54, 1.807) is 13.0 Å². The predicted molar refractivity (Wildman–Crippen MR) is 79.8 cm³/mol. The maximum absolute atomic E-state index is 14.7. The molecule has 21 heavy (non-hydrogen) atoms. The molecule has 1 fully saturated rings. The van der Waals surface area contributed by atoms with Crippen molar-refractivity contribution in [3.63, 3.8) is 0 Å². The van der Waals surface area contributed by atoms with Gasteiger partial charge in [0, 0.05) is 30.8 Å². The third-order valence-corrected chi connectivity index (χ3v) is 4.58. The van der Waals surface area contributed by atoms with E-state index in [0.717, 1.165) is 18.7 Å². The van der Waals surface area contributed by atoms with Crippen molar-refractivity contribution in [2.24, 2.45) is 5.92 Å². The van der Waals surface area contributed by atoms with E-state index < -0.39 is 0 Å². The second kappa shape index (κ2) is 5.13. The summed E-state index contributed by atoms with van der Waals surface area (Å²) in [5.41, 5.74) is 2.01. The normalized spacial score (nSPS) is 22.0. The number of benzene rings is 1. The topological polar surface area (TPSA) is 42.2 Å². The summed E-state index contributed by atoms with van der Waals surface area (Å²) >= 11 is 0. The molecule has 112 valence electrons. The predicted octanol–water partition coefficient (Wildman–Crippen LogP) is 3.73. The van der Waals surface area contributed by atoms with Crippen LogP contribution in [0.3, 0.4) is 0 Å². The fourth-order valence-electron chi connectivity index (χ4n) is 3.00.